The Hall–Kier alpha value is -1.27. The molecule has 13 heavy (non-hydrogen) atoms. The normalized spacial score (nSPS) is 9.92. The van der Waals surface area contributed by atoms with Gasteiger partial charge in [0.2, 0.25) is 0 Å². The van der Waals surface area contributed by atoms with Crippen LogP contribution in [0, 0.1) is 6.07 Å². The van der Waals surface area contributed by atoms with Gasteiger partial charge in [0.25, 0.3) is 0 Å². The van der Waals surface area contributed by atoms with Gasteiger partial charge in [-0.2, -0.15) is 0 Å². The molecule has 0 atom stereocenters. The predicted molar refractivity (Wildman–Crippen MR) is 55.7 cm³/mol. The van der Waals surface area contributed by atoms with Gasteiger partial charge >= 0.3 is 0 Å². The second kappa shape index (κ2) is 3.63. The van der Waals surface area contributed by atoms with Crippen molar-refractivity contribution in [1.82, 2.24) is 0 Å². The SMILES string of the molecule is Clc1c[c]cc(-c2ccccc2)c1. The first kappa shape index (κ1) is 8.33. The fourth-order valence-corrected chi connectivity index (χ4v) is 1.42. The zero-order valence-electron chi connectivity index (χ0n) is 7.00. The van der Waals surface area contributed by atoms with Gasteiger partial charge < -0.3 is 0 Å². The molecule has 2 aromatic carbocycles. The maximum atomic E-state index is 5.86. The van der Waals surface area contributed by atoms with Crippen molar-refractivity contribution in [2.75, 3.05) is 0 Å². The maximum absolute atomic E-state index is 5.86. The first-order valence-electron chi connectivity index (χ1n) is 4.08. The quantitative estimate of drug-likeness (QED) is 0.637. The molecule has 0 saturated heterocycles. The lowest BCUT2D eigenvalue weighted by atomic mass is 10.1. The van der Waals surface area contributed by atoms with E-state index in [-0.39, 0.29) is 0 Å². The number of halogens is 1. The second-order valence-electron chi connectivity index (χ2n) is 2.81. The first-order valence-corrected chi connectivity index (χ1v) is 4.46. The number of hydrogen-bond acceptors (Lipinski definition) is 0. The summed E-state index contributed by atoms with van der Waals surface area (Å²) in [4.78, 5) is 0. The molecule has 0 unspecified atom stereocenters. The number of hydrogen-bond donors (Lipinski definition) is 0. The van der Waals surface area contributed by atoms with E-state index >= 15 is 0 Å². The third kappa shape index (κ3) is 1.90. The Morgan fingerprint density at radius 1 is 0.923 bits per heavy atom. The molecule has 0 N–H and O–H groups in total. The summed E-state index contributed by atoms with van der Waals surface area (Å²) in [6.07, 6.45) is 0. The Bertz CT molecular complexity index is 393. The van der Waals surface area contributed by atoms with Gasteiger partial charge in [-0.05, 0) is 35.4 Å². The monoisotopic (exact) mass is 187 g/mol. The van der Waals surface area contributed by atoms with Gasteiger partial charge in [0, 0.05) is 5.02 Å². The Kier molecular flexibility index (Phi) is 2.33. The van der Waals surface area contributed by atoms with Crippen LogP contribution in [0.15, 0.2) is 48.5 Å². The molecule has 0 saturated carbocycles. The molecule has 0 aliphatic heterocycles. The van der Waals surface area contributed by atoms with Crippen molar-refractivity contribution in [2.45, 2.75) is 0 Å². The summed E-state index contributed by atoms with van der Waals surface area (Å²) in [5.41, 5.74) is 2.27. The summed E-state index contributed by atoms with van der Waals surface area (Å²) < 4.78 is 0. The highest BCUT2D eigenvalue weighted by Crippen LogP contribution is 2.21. The predicted octanol–water partition coefficient (Wildman–Crippen LogP) is 3.81. The van der Waals surface area contributed by atoms with Crippen LogP contribution in [0.2, 0.25) is 5.02 Å². The van der Waals surface area contributed by atoms with Crippen LogP contribution in [-0.2, 0) is 0 Å². The first-order chi connectivity index (χ1) is 6.36. The molecule has 0 amide bonds. The van der Waals surface area contributed by atoms with Crippen LogP contribution in [0.5, 0.6) is 0 Å². The van der Waals surface area contributed by atoms with Gasteiger partial charge in [-0.1, -0.05) is 41.9 Å². The van der Waals surface area contributed by atoms with Gasteiger partial charge in [-0.3, -0.25) is 0 Å². The minimum absolute atomic E-state index is 0.723. The lowest BCUT2D eigenvalue weighted by molar-refractivity contribution is 1.61. The van der Waals surface area contributed by atoms with Crippen molar-refractivity contribution in [2.24, 2.45) is 0 Å². The minimum Gasteiger partial charge on any atom is -0.0843 e. The van der Waals surface area contributed by atoms with E-state index < -0.39 is 0 Å². The summed E-state index contributed by atoms with van der Waals surface area (Å²) in [7, 11) is 0. The van der Waals surface area contributed by atoms with Crippen LogP contribution in [0.1, 0.15) is 0 Å². The molecule has 63 valence electrons. The van der Waals surface area contributed by atoms with Crippen LogP contribution in [-0.4, -0.2) is 0 Å². The largest absolute Gasteiger partial charge is 0.0843 e. The molecular formula is C12H8Cl. The molecule has 1 radical (unpaired) electrons. The topological polar surface area (TPSA) is 0 Å². The molecule has 0 nitrogen and oxygen atoms in total. The highest BCUT2D eigenvalue weighted by atomic mass is 35.5. The third-order valence-corrected chi connectivity index (χ3v) is 2.08. The molecule has 0 spiro atoms. The summed E-state index contributed by atoms with van der Waals surface area (Å²) >= 11 is 5.86. The lowest BCUT2D eigenvalue weighted by Gasteiger charge is -2.00. The molecule has 1 heteroatoms. The van der Waals surface area contributed by atoms with Crippen molar-refractivity contribution in [3.63, 3.8) is 0 Å². The fraction of sp³-hybridized carbons (Fsp3) is 0. The molecule has 0 aromatic heterocycles. The summed E-state index contributed by atoms with van der Waals surface area (Å²) in [5.74, 6) is 0. The van der Waals surface area contributed by atoms with E-state index in [0.29, 0.717) is 0 Å². The van der Waals surface area contributed by atoms with Gasteiger partial charge in [-0.15, -0.1) is 0 Å². The van der Waals surface area contributed by atoms with Crippen LogP contribution in [0.3, 0.4) is 0 Å². The van der Waals surface area contributed by atoms with E-state index in [9.17, 15) is 0 Å². The van der Waals surface area contributed by atoms with Crippen LogP contribution < -0.4 is 0 Å². The van der Waals surface area contributed by atoms with E-state index in [1.165, 1.54) is 5.56 Å². The molecule has 2 rings (SSSR count). The molecule has 0 heterocycles. The van der Waals surface area contributed by atoms with Gasteiger partial charge in [0.05, 0.1) is 0 Å². The molecule has 0 aliphatic rings. The number of benzene rings is 2. The van der Waals surface area contributed by atoms with Gasteiger partial charge in [-0.25, -0.2) is 0 Å². The Balaban J connectivity index is 2.48. The number of rotatable bonds is 1. The van der Waals surface area contributed by atoms with Gasteiger partial charge in [0.15, 0.2) is 0 Å². The van der Waals surface area contributed by atoms with Crippen molar-refractivity contribution >= 4 is 11.6 Å². The summed E-state index contributed by atoms with van der Waals surface area (Å²) in [5, 5.41) is 0.723. The maximum Gasteiger partial charge on any atom is 0.0418 e. The van der Waals surface area contributed by atoms with Crippen molar-refractivity contribution in [1.29, 1.82) is 0 Å². The highest BCUT2D eigenvalue weighted by Gasteiger charge is 1.95. The summed E-state index contributed by atoms with van der Waals surface area (Å²) in [6.45, 7) is 0. The van der Waals surface area contributed by atoms with Crippen LogP contribution >= 0.6 is 11.6 Å². The van der Waals surface area contributed by atoms with E-state index in [0.717, 1.165) is 10.6 Å². The zero-order valence-corrected chi connectivity index (χ0v) is 7.75. The second-order valence-corrected chi connectivity index (χ2v) is 3.24. The van der Waals surface area contributed by atoms with Crippen LogP contribution in [0.25, 0.3) is 11.1 Å². The van der Waals surface area contributed by atoms with Crippen molar-refractivity contribution in [3.8, 4) is 11.1 Å². The average Bonchev–Trinajstić information content (AvgIpc) is 2.19. The smallest absolute Gasteiger partial charge is 0.0418 e. The average molecular weight is 188 g/mol. The van der Waals surface area contributed by atoms with Crippen LogP contribution in [0.4, 0.5) is 0 Å². The standard InChI is InChI=1S/C12H8Cl/c13-12-8-4-7-11(9-12)10-5-2-1-3-6-10/h1-3,5-9H. The highest BCUT2D eigenvalue weighted by molar-refractivity contribution is 6.30. The lowest BCUT2D eigenvalue weighted by Crippen LogP contribution is -1.75. The van der Waals surface area contributed by atoms with Gasteiger partial charge in [0.1, 0.15) is 0 Å². The van der Waals surface area contributed by atoms with Crippen molar-refractivity contribution < 1.29 is 0 Å². The molecule has 0 aliphatic carbocycles. The zero-order chi connectivity index (χ0) is 9.10. The van der Waals surface area contributed by atoms with E-state index in [1.807, 2.05) is 30.3 Å². The Morgan fingerprint density at radius 2 is 1.69 bits per heavy atom. The van der Waals surface area contributed by atoms with E-state index in [2.05, 4.69) is 18.2 Å². The Labute approximate surface area is 82.8 Å². The van der Waals surface area contributed by atoms with E-state index in [4.69, 9.17) is 11.6 Å². The fourth-order valence-electron chi connectivity index (χ4n) is 1.24. The third-order valence-electron chi connectivity index (χ3n) is 1.86. The Morgan fingerprint density at radius 3 is 2.38 bits per heavy atom. The molecule has 0 bridgehead atoms. The van der Waals surface area contributed by atoms with E-state index in [1.54, 1.807) is 6.07 Å². The molecular weight excluding hydrogens is 180 g/mol. The minimum atomic E-state index is 0.723. The molecule has 2 aromatic rings. The summed E-state index contributed by atoms with van der Waals surface area (Å²) in [6, 6.07) is 18.8. The van der Waals surface area contributed by atoms with Crippen molar-refractivity contribution in [3.05, 3.63) is 59.6 Å². The molecule has 0 fully saturated rings.